The van der Waals surface area contributed by atoms with Crippen LogP contribution in [0.4, 0.5) is 5.82 Å². The van der Waals surface area contributed by atoms with Gasteiger partial charge in [-0.2, -0.15) is 5.10 Å². The standard InChI is InChI=1S/C23H27N5O2/c1-15(2)14-28-21-18(20(26-28)23(30)27-12-4-5-13-27)10-11-19(24-21)25-22(29)17-8-6-16(3)7-9-17/h6-11,15H,4-5,12-14H2,1-3H3,(H,24,25,29). The van der Waals surface area contributed by atoms with Gasteiger partial charge in [0.1, 0.15) is 5.82 Å². The molecule has 4 rings (SSSR count). The van der Waals surface area contributed by atoms with Crippen LogP contribution in [0.25, 0.3) is 11.0 Å². The number of fused-ring (bicyclic) bond motifs is 1. The molecule has 0 saturated carbocycles. The van der Waals surface area contributed by atoms with Gasteiger partial charge in [-0.05, 0) is 49.9 Å². The lowest BCUT2D eigenvalue weighted by Gasteiger charge is -2.13. The summed E-state index contributed by atoms with van der Waals surface area (Å²) >= 11 is 0. The van der Waals surface area contributed by atoms with Crippen molar-refractivity contribution >= 4 is 28.7 Å². The maximum Gasteiger partial charge on any atom is 0.275 e. The van der Waals surface area contributed by atoms with Crippen LogP contribution in [0, 0.1) is 12.8 Å². The first-order valence-corrected chi connectivity index (χ1v) is 10.5. The van der Waals surface area contributed by atoms with Gasteiger partial charge < -0.3 is 10.2 Å². The van der Waals surface area contributed by atoms with Gasteiger partial charge >= 0.3 is 0 Å². The van der Waals surface area contributed by atoms with Crippen molar-refractivity contribution in [3.05, 3.63) is 53.2 Å². The molecule has 0 spiro atoms. The summed E-state index contributed by atoms with van der Waals surface area (Å²) in [4.78, 5) is 32.1. The van der Waals surface area contributed by atoms with E-state index in [-0.39, 0.29) is 11.8 Å². The summed E-state index contributed by atoms with van der Waals surface area (Å²) in [5.74, 6) is 0.525. The Kier molecular flexibility index (Phi) is 5.53. The van der Waals surface area contributed by atoms with E-state index in [9.17, 15) is 9.59 Å². The minimum atomic E-state index is -0.217. The number of nitrogens with zero attached hydrogens (tertiary/aromatic N) is 4. The van der Waals surface area contributed by atoms with E-state index < -0.39 is 0 Å². The molecule has 30 heavy (non-hydrogen) atoms. The molecule has 1 aromatic carbocycles. The van der Waals surface area contributed by atoms with Gasteiger partial charge in [0.15, 0.2) is 11.3 Å². The van der Waals surface area contributed by atoms with Crippen LogP contribution in [-0.2, 0) is 6.54 Å². The summed E-state index contributed by atoms with van der Waals surface area (Å²) < 4.78 is 1.78. The molecule has 1 fully saturated rings. The first-order chi connectivity index (χ1) is 14.4. The molecule has 3 aromatic rings. The first-order valence-electron chi connectivity index (χ1n) is 10.5. The number of rotatable bonds is 5. The summed E-state index contributed by atoms with van der Waals surface area (Å²) in [5.41, 5.74) is 2.73. The Morgan fingerprint density at radius 2 is 1.77 bits per heavy atom. The van der Waals surface area contributed by atoms with Gasteiger partial charge in [0.2, 0.25) is 0 Å². The van der Waals surface area contributed by atoms with Crippen LogP contribution in [0.1, 0.15) is 53.1 Å². The lowest BCUT2D eigenvalue weighted by atomic mass is 10.1. The van der Waals surface area contributed by atoms with Crippen molar-refractivity contribution in [1.29, 1.82) is 0 Å². The first kappa shape index (κ1) is 20.1. The van der Waals surface area contributed by atoms with Crippen LogP contribution in [0.3, 0.4) is 0 Å². The van der Waals surface area contributed by atoms with Crippen LogP contribution in [0.2, 0.25) is 0 Å². The van der Waals surface area contributed by atoms with Gasteiger partial charge in [-0.1, -0.05) is 31.5 Å². The number of aryl methyl sites for hydroxylation is 1. The number of likely N-dealkylation sites (tertiary alicyclic amines) is 1. The zero-order chi connectivity index (χ0) is 21.3. The molecule has 1 aliphatic heterocycles. The molecule has 0 unspecified atom stereocenters. The third-order valence-corrected chi connectivity index (χ3v) is 5.28. The Morgan fingerprint density at radius 1 is 1.07 bits per heavy atom. The lowest BCUT2D eigenvalue weighted by molar-refractivity contribution is 0.0787. The largest absolute Gasteiger partial charge is 0.337 e. The van der Waals surface area contributed by atoms with Crippen molar-refractivity contribution in [3.63, 3.8) is 0 Å². The van der Waals surface area contributed by atoms with E-state index in [4.69, 9.17) is 0 Å². The Hall–Kier alpha value is -3.22. The molecule has 0 bridgehead atoms. The number of aromatic nitrogens is 3. The van der Waals surface area contributed by atoms with E-state index >= 15 is 0 Å². The molecule has 156 valence electrons. The number of anilines is 1. The summed E-state index contributed by atoms with van der Waals surface area (Å²) in [7, 11) is 0. The molecular weight excluding hydrogens is 378 g/mol. The minimum Gasteiger partial charge on any atom is -0.337 e. The fourth-order valence-electron chi connectivity index (χ4n) is 3.72. The maximum atomic E-state index is 13.0. The van der Waals surface area contributed by atoms with E-state index in [1.807, 2.05) is 30.0 Å². The van der Waals surface area contributed by atoms with E-state index in [0.29, 0.717) is 35.2 Å². The molecule has 1 N–H and O–H groups in total. The van der Waals surface area contributed by atoms with Crippen LogP contribution in [-0.4, -0.2) is 44.6 Å². The Balaban J connectivity index is 1.67. The van der Waals surface area contributed by atoms with Crippen molar-refractivity contribution in [2.75, 3.05) is 18.4 Å². The maximum absolute atomic E-state index is 13.0. The van der Waals surface area contributed by atoms with Gasteiger partial charge in [0, 0.05) is 25.2 Å². The quantitative estimate of drug-likeness (QED) is 0.698. The molecule has 1 saturated heterocycles. The van der Waals surface area contributed by atoms with E-state index in [1.54, 1.807) is 22.9 Å². The van der Waals surface area contributed by atoms with Crippen LogP contribution in [0.15, 0.2) is 36.4 Å². The summed E-state index contributed by atoms with van der Waals surface area (Å²) in [6.07, 6.45) is 2.06. The lowest BCUT2D eigenvalue weighted by Crippen LogP contribution is -2.28. The van der Waals surface area contributed by atoms with Crippen molar-refractivity contribution in [3.8, 4) is 0 Å². The van der Waals surface area contributed by atoms with Crippen LogP contribution < -0.4 is 5.32 Å². The Morgan fingerprint density at radius 3 is 2.43 bits per heavy atom. The highest BCUT2D eigenvalue weighted by Gasteiger charge is 2.26. The van der Waals surface area contributed by atoms with Gasteiger partial charge in [-0.15, -0.1) is 0 Å². The number of hydrogen-bond donors (Lipinski definition) is 1. The number of amides is 2. The molecule has 0 atom stereocenters. The predicted octanol–water partition coefficient (Wildman–Crippen LogP) is 3.88. The fraction of sp³-hybridized carbons (Fsp3) is 0.391. The molecule has 0 aliphatic carbocycles. The summed E-state index contributed by atoms with van der Waals surface area (Å²) in [6, 6.07) is 11.0. The highest BCUT2D eigenvalue weighted by atomic mass is 16.2. The zero-order valence-corrected chi connectivity index (χ0v) is 17.7. The Bertz CT molecular complexity index is 1080. The summed E-state index contributed by atoms with van der Waals surface area (Å²) in [6.45, 7) is 8.36. The fourth-order valence-corrected chi connectivity index (χ4v) is 3.72. The Labute approximate surface area is 176 Å². The second-order valence-corrected chi connectivity index (χ2v) is 8.31. The smallest absolute Gasteiger partial charge is 0.275 e. The topological polar surface area (TPSA) is 80.1 Å². The van der Waals surface area contributed by atoms with Crippen molar-refractivity contribution in [2.24, 2.45) is 5.92 Å². The monoisotopic (exact) mass is 405 g/mol. The molecule has 3 heterocycles. The number of carbonyl (C=O) groups excluding carboxylic acids is 2. The third kappa shape index (κ3) is 4.06. The van der Waals surface area contributed by atoms with Gasteiger partial charge in [0.25, 0.3) is 11.8 Å². The molecule has 2 aromatic heterocycles. The number of benzene rings is 1. The second kappa shape index (κ2) is 8.26. The molecule has 7 nitrogen and oxygen atoms in total. The summed E-state index contributed by atoms with van der Waals surface area (Å²) in [5, 5.41) is 8.19. The number of pyridine rings is 1. The van der Waals surface area contributed by atoms with E-state index in [0.717, 1.165) is 36.9 Å². The van der Waals surface area contributed by atoms with Crippen LogP contribution >= 0.6 is 0 Å². The minimum absolute atomic E-state index is 0.0433. The average molecular weight is 406 g/mol. The van der Waals surface area contributed by atoms with Crippen molar-refractivity contribution < 1.29 is 9.59 Å². The van der Waals surface area contributed by atoms with E-state index in [2.05, 4.69) is 29.2 Å². The normalized spacial score (nSPS) is 13.9. The third-order valence-electron chi connectivity index (χ3n) is 5.28. The second-order valence-electron chi connectivity index (χ2n) is 8.31. The predicted molar refractivity (Wildman–Crippen MR) is 117 cm³/mol. The van der Waals surface area contributed by atoms with Crippen molar-refractivity contribution in [2.45, 2.75) is 40.2 Å². The van der Waals surface area contributed by atoms with Crippen LogP contribution in [0.5, 0.6) is 0 Å². The molecule has 0 radical (unpaired) electrons. The zero-order valence-electron chi connectivity index (χ0n) is 17.7. The molecule has 7 heteroatoms. The van der Waals surface area contributed by atoms with Crippen molar-refractivity contribution in [1.82, 2.24) is 19.7 Å². The number of nitrogens with one attached hydrogen (secondary N) is 1. The molecule has 2 amide bonds. The van der Waals surface area contributed by atoms with E-state index in [1.165, 1.54) is 0 Å². The number of carbonyl (C=O) groups is 2. The average Bonchev–Trinajstić information content (AvgIpc) is 3.36. The highest BCUT2D eigenvalue weighted by molar-refractivity contribution is 6.06. The van der Waals surface area contributed by atoms with Gasteiger partial charge in [0.05, 0.1) is 5.39 Å². The molecular formula is C23H27N5O2. The number of hydrogen-bond acceptors (Lipinski definition) is 4. The SMILES string of the molecule is Cc1ccc(C(=O)Nc2ccc3c(C(=O)N4CCCC4)nn(CC(C)C)c3n2)cc1. The van der Waals surface area contributed by atoms with Gasteiger partial charge in [-0.25, -0.2) is 9.67 Å². The molecule has 1 aliphatic rings. The van der Waals surface area contributed by atoms with Gasteiger partial charge in [-0.3, -0.25) is 9.59 Å². The highest BCUT2D eigenvalue weighted by Crippen LogP contribution is 2.23.